The van der Waals surface area contributed by atoms with Gasteiger partial charge < -0.3 is 19.3 Å². The van der Waals surface area contributed by atoms with Crippen LogP contribution in [0, 0.1) is 5.92 Å². The second kappa shape index (κ2) is 13.5. The molecule has 1 fully saturated rings. The van der Waals surface area contributed by atoms with Crippen molar-refractivity contribution in [2.45, 2.75) is 52.5 Å². The Balaban J connectivity index is 1.59. The zero-order valence-corrected chi connectivity index (χ0v) is 25.0. The summed E-state index contributed by atoms with van der Waals surface area (Å²) in [6.07, 6.45) is 1.46. The zero-order valence-electron chi connectivity index (χ0n) is 23.5. The molecule has 0 aliphatic carbocycles. The molecule has 2 heterocycles. The van der Waals surface area contributed by atoms with Gasteiger partial charge in [0.05, 0.1) is 41.3 Å². The van der Waals surface area contributed by atoms with Gasteiger partial charge in [0.2, 0.25) is 5.91 Å². The van der Waals surface area contributed by atoms with Gasteiger partial charge in [-0.25, -0.2) is 4.79 Å². The first kappa shape index (κ1) is 30.6. The summed E-state index contributed by atoms with van der Waals surface area (Å²) in [6, 6.07) is 12.2. The van der Waals surface area contributed by atoms with Crippen LogP contribution in [-0.4, -0.2) is 59.9 Å². The molecule has 2 atom stereocenters. The summed E-state index contributed by atoms with van der Waals surface area (Å²) in [5.41, 5.74) is 2.78. The third-order valence-electron chi connectivity index (χ3n) is 7.51. The number of ether oxygens (including phenoxy) is 2. The summed E-state index contributed by atoms with van der Waals surface area (Å²) in [5.74, 6) is -1.99. The van der Waals surface area contributed by atoms with Crippen LogP contribution in [0.5, 0.6) is 0 Å². The number of hydrogen-bond acceptors (Lipinski definition) is 6. The van der Waals surface area contributed by atoms with Crippen molar-refractivity contribution in [3.63, 3.8) is 0 Å². The lowest BCUT2D eigenvalue weighted by molar-refractivity contribution is -0.149. The quantitative estimate of drug-likeness (QED) is 0.357. The second-order valence-corrected chi connectivity index (χ2v) is 11.0. The van der Waals surface area contributed by atoms with Crippen LogP contribution in [0.2, 0.25) is 10.0 Å². The molecule has 0 radical (unpaired) electrons. The maximum atomic E-state index is 13.5. The lowest BCUT2D eigenvalue weighted by atomic mass is 9.83. The Morgan fingerprint density at radius 2 is 1.76 bits per heavy atom. The summed E-state index contributed by atoms with van der Waals surface area (Å²) in [4.78, 5) is 55.4. The van der Waals surface area contributed by atoms with E-state index < -0.39 is 11.9 Å². The molecule has 2 aromatic carbocycles. The highest BCUT2D eigenvalue weighted by Crippen LogP contribution is 2.39. The fourth-order valence-corrected chi connectivity index (χ4v) is 5.78. The molecule has 2 aliphatic rings. The number of nitrogens with zero attached hydrogens (tertiary/aromatic N) is 2. The van der Waals surface area contributed by atoms with E-state index >= 15 is 0 Å². The van der Waals surface area contributed by atoms with E-state index in [4.69, 9.17) is 32.7 Å². The van der Waals surface area contributed by atoms with Crippen LogP contribution in [0.3, 0.4) is 0 Å². The van der Waals surface area contributed by atoms with E-state index in [1.807, 2.05) is 6.07 Å². The summed E-state index contributed by atoms with van der Waals surface area (Å²) < 4.78 is 10.5. The number of amides is 2. The fourth-order valence-electron chi connectivity index (χ4n) is 5.47. The topological polar surface area (TPSA) is 93.2 Å². The smallest absolute Gasteiger partial charge is 0.336 e. The van der Waals surface area contributed by atoms with Crippen molar-refractivity contribution in [2.24, 2.45) is 5.92 Å². The normalized spacial score (nSPS) is 19.3. The minimum absolute atomic E-state index is 0.0467. The molecule has 0 N–H and O–H groups in total. The van der Waals surface area contributed by atoms with E-state index in [2.05, 4.69) is 0 Å². The Hall–Kier alpha value is -3.36. The maximum absolute atomic E-state index is 13.5. The average Bonchev–Trinajstić information content (AvgIpc) is 2.96. The molecule has 4 rings (SSSR count). The second-order valence-electron chi connectivity index (χ2n) is 10.2. The molecular weight excluding hydrogens is 567 g/mol. The molecule has 2 amide bonds. The van der Waals surface area contributed by atoms with Crippen molar-refractivity contribution < 1.29 is 28.7 Å². The number of allylic oxidation sites excluding steroid dienone is 1. The van der Waals surface area contributed by atoms with E-state index in [9.17, 15) is 19.2 Å². The fraction of sp³-hybridized carbons (Fsp3) is 0.419. The first-order chi connectivity index (χ1) is 19.6. The molecular formula is C31H34Cl2N2O6. The standard InChI is InChI=1S/C31H34Cl2N2O6/c1-4-40-30(38)23-10-7-13-34(18-23)29(37)22-9-6-8-20(14-22)17-35-19(3)28(31(39)41-5-2)24(16-27(35)36)21-11-12-25(32)26(33)15-21/h6,8-9,11-12,14-15,23-24H,4-5,7,10,13,16-18H2,1-3H3. The number of rotatable bonds is 8. The number of likely N-dealkylation sites (tertiary alicyclic amines) is 1. The van der Waals surface area contributed by atoms with E-state index in [0.29, 0.717) is 58.6 Å². The Kier molecular flexibility index (Phi) is 10.1. The van der Waals surface area contributed by atoms with Gasteiger partial charge in [-0.2, -0.15) is 0 Å². The van der Waals surface area contributed by atoms with Gasteiger partial charge in [-0.05, 0) is 69.0 Å². The molecule has 0 aromatic heterocycles. The van der Waals surface area contributed by atoms with Crippen LogP contribution in [0.4, 0.5) is 0 Å². The van der Waals surface area contributed by atoms with Gasteiger partial charge in [0.1, 0.15) is 0 Å². The zero-order chi connectivity index (χ0) is 29.7. The monoisotopic (exact) mass is 600 g/mol. The van der Waals surface area contributed by atoms with Crippen molar-refractivity contribution >= 4 is 47.0 Å². The van der Waals surface area contributed by atoms with Gasteiger partial charge in [-0.1, -0.05) is 41.4 Å². The molecule has 41 heavy (non-hydrogen) atoms. The largest absolute Gasteiger partial charge is 0.466 e. The molecule has 10 heteroatoms. The maximum Gasteiger partial charge on any atom is 0.336 e. The molecule has 2 aliphatic heterocycles. The van der Waals surface area contributed by atoms with Gasteiger partial charge in [0.15, 0.2) is 0 Å². The van der Waals surface area contributed by atoms with Crippen LogP contribution >= 0.6 is 23.2 Å². The van der Waals surface area contributed by atoms with Crippen LogP contribution in [0.1, 0.15) is 67.4 Å². The lowest BCUT2D eigenvalue weighted by Crippen LogP contribution is -2.42. The minimum Gasteiger partial charge on any atom is -0.466 e. The number of halogens is 2. The summed E-state index contributed by atoms with van der Waals surface area (Å²) in [5, 5.41) is 0.719. The van der Waals surface area contributed by atoms with Crippen molar-refractivity contribution in [1.29, 1.82) is 0 Å². The number of carbonyl (C=O) groups excluding carboxylic acids is 4. The van der Waals surface area contributed by atoms with Crippen molar-refractivity contribution in [2.75, 3.05) is 26.3 Å². The molecule has 218 valence electrons. The number of piperidine rings is 1. The Morgan fingerprint density at radius 3 is 2.46 bits per heavy atom. The number of carbonyl (C=O) groups is 4. The summed E-state index contributed by atoms with van der Waals surface area (Å²) in [7, 11) is 0. The Labute approximate surface area is 250 Å². The SMILES string of the molecule is CCOC(=O)C1=C(C)N(Cc2cccc(C(=O)N3CCCC(C(=O)OCC)C3)c2)C(=O)CC1c1ccc(Cl)c(Cl)c1. The molecule has 0 saturated carbocycles. The van der Waals surface area contributed by atoms with E-state index in [1.165, 1.54) is 0 Å². The van der Waals surface area contributed by atoms with E-state index in [1.54, 1.807) is 67.0 Å². The van der Waals surface area contributed by atoms with Crippen LogP contribution in [0.15, 0.2) is 53.7 Å². The summed E-state index contributed by atoms with van der Waals surface area (Å²) >= 11 is 12.3. The molecule has 1 saturated heterocycles. The van der Waals surface area contributed by atoms with Gasteiger partial charge in [-0.3, -0.25) is 14.4 Å². The average molecular weight is 602 g/mol. The van der Waals surface area contributed by atoms with E-state index in [0.717, 1.165) is 12.0 Å². The van der Waals surface area contributed by atoms with Gasteiger partial charge in [-0.15, -0.1) is 0 Å². The molecule has 8 nitrogen and oxygen atoms in total. The highest BCUT2D eigenvalue weighted by molar-refractivity contribution is 6.42. The lowest BCUT2D eigenvalue weighted by Gasteiger charge is -2.35. The third-order valence-corrected chi connectivity index (χ3v) is 8.25. The van der Waals surface area contributed by atoms with Crippen LogP contribution in [0.25, 0.3) is 0 Å². The van der Waals surface area contributed by atoms with Crippen LogP contribution in [-0.2, 0) is 30.4 Å². The summed E-state index contributed by atoms with van der Waals surface area (Å²) in [6.45, 7) is 6.77. The van der Waals surface area contributed by atoms with Crippen molar-refractivity contribution in [3.05, 3.63) is 80.5 Å². The van der Waals surface area contributed by atoms with Crippen molar-refractivity contribution in [3.8, 4) is 0 Å². The first-order valence-electron chi connectivity index (χ1n) is 13.8. The Bertz CT molecular complexity index is 1370. The highest BCUT2D eigenvalue weighted by atomic mass is 35.5. The first-order valence-corrected chi connectivity index (χ1v) is 14.6. The highest BCUT2D eigenvalue weighted by Gasteiger charge is 2.37. The van der Waals surface area contributed by atoms with Crippen molar-refractivity contribution in [1.82, 2.24) is 9.80 Å². The van der Waals surface area contributed by atoms with Gasteiger partial charge in [0.25, 0.3) is 5.91 Å². The number of benzene rings is 2. The van der Waals surface area contributed by atoms with Gasteiger partial charge >= 0.3 is 11.9 Å². The number of esters is 2. The third kappa shape index (κ3) is 6.93. The predicted octanol–water partition coefficient (Wildman–Crippen LogP) is 5.76. The minimum atomic E-state index is -0.535. The molecule has 2 aromatic rings. The molecule has 2 unspecified atom stereocenters. The predicted molar refractivity (Wildman–Crippen MR) is 155 cm³/mol. The van der Waals surface area contributed by atoms with E-state index in [-0.39, 0.29) is 43.3 Å². The molecule has 0 bridgehead atoms. The molecule has 0 spiro atoms. The Morgan fingerprint density at radius 1 is 1.00 bits per heavy atom. The van der Waals surface area contributed by atoms with Gasteiger partial charge in [0, 0.05) is 36.7 Å². The number of hydrogen-bond donors (Lipinski definition) is 0. The van der Waals surface area contributed by atoms with Crippen LogP contribution < -0.4 is 0 Å².